The lowest BCUT2D eigenvalue weighted by Crippen LogP contribution is -1.77. The van der Waals surface area contributed by atoms with Crippen LogP contribution in [-0.2, 0) is 0 Å². The van der Waals surface area contributed by atoms with Gasteiger partial charge in [0.25, 0.3) is 0 Å². The number of benzene rings is 1. The molecule has 0 fully saturated rings. The van der Waals surface area contributed by atoms with Crippen LogP contribution in [0.15, 0.2) is 30.5 Å². The number of fused-ring (bicyclic) bond motifs is 1. The number of nitrogens with zero attached hydrogens (tertiary/aromatic N) is 1. The molecule has 1 nitrogen and oxygen atoms in total. The Balaban J connectivity index is 2.88. The fraction of sp³-hybridized carbons (Fsp3) is 0. The highest BCUT2D eigenvalue weighted by Gasteiger charge is 1.98. The van der Waals surface area contributed by atoms with Gasteiger partial charge in [-0.15, -0.1) is 0 Å². The number of halogens is 2. The first kappa shape index (κ1) is 7.84. The molecule has 0 amide bonds. The number of hydrogen-bond donors (Lipinski definition) is 0. The molecule has 0 aliphatic heterocycles. The second-order valence-corrected chi connectivity index (χ2v) is 3.26. The van der Waals surface area contributed by atoms with Gasteiger partial charge in [0.2, 0.25) is 0 Å². The van der Waals surface area contributed by atoms with Crippen molar-refractivity contribution in [3.8, 4) is 0 Å². The molecule has 2 aromatic rings. The maximum Gasteiger partial charge on any atom is 0.129 e. The summed E-state index contributed by atoms with van der Waals surface area (Å²) in [5, 5.41) is 3.12. The summed E-state index contributed by atoms with van der Waals surface area (Å²) >= 11 is 11.7. The monoisotopic (exact) mass is 197 g/mol. The predicted octanol–water partition coefficient (Wildman–Crippen LogP) is 3.54. The Bertz CT molecular complexity index is 426. The summed E-state index contributed by atoms with van der Waals surface area (Å²) in [4.78, 5) is 3.96. The predicted molar refractivity (Wildman–Crippen MR) is 51.8 cm³/mol. The molecule has 0 unspecified atom stereocenters. The van der Waals surface area contributed by atoms with E-state index >= 15 is 0 Å². The zero-order chi connectivity index (χ0) is 8.55. The van der Waals surface area contributed by atoms with Crippen molar-refractivity contribution in [1.82, 2.24) is 4.98 Å². The summed E-state index contributed by atoms with van der Waals surface area (Å²) in [5.74, 6) is 0. The van der Waals surface area contributed by atoms with E-state index in [2.05, 4.69) is 4.98 Å². The van der Waals surface area contributed by atoms with Gasteiger partial charge in [0.05, 0.1) is 0 Å². The zero-order valence-corrected chi connectivity index (χ0v) is 7.60. The molecule has 0 bridgehead atoms. The molecule has 0 radical (unpaired) electrons. The van der Waals surface area contributed by atoms with E-state index < -0.39 is 0 Å². The van der Waals surface area contributed by atoms with E-state index in [1.54, 1.807) is 12.3 Å². The van der Waals surface area contributed by atoms with Gasteiger partial charge in [-0.1, -0.05) is 35.3 Å². The van der Waals surface area contributed by atoms with Crippen molar-refractivity contribution in [3.05, 3.63) is 40.6 Å². The van der Waals surface area contributed by atoms with E-state index in [4.69, 9.17) is 23.2 Å². The van der Waals surface area contributed by atoms with Crippen LogP contribution in [0.2, 0.25) is 10.2 Å². The molecule has 60 valence electrons. The third-order valence-corrected chi connectivity index (χ3v) is 2.21. The minimum Gasteiger partial charge on any atom is -0.244 e. The van der Waals surface area contributed by atoms with E-state index in [-0.39, 0.29) is 0 Å². The molecular formula is C9H5Cl2N. The quantitative estimate of drug-likeness (QED) is 0.590. The fourth-order valence-corrected chi connectivity index (χ4v) is 1.50. The Morgan fingerprint density at radius 2 is 2.00 bits per heavy atom. The number of hydrogen-bond acceptors (Lipinski definition) is 1. The Hall–Kier alpha value is -0.790. The molecule has 2 rings (SSSR count). The standard InChI is InChI=1S/C9H5Cl2N/c10-8-3-1-2-6-5-12-9(11)4-7(6)8/h1-5H. The van der Waals surface area contributed by atoms with Crippen molar-refractivity contribution in [2.45, 2.75) is 0 Å². The van der Waals surface area contributed by atoms with Gasteiger partial charge >= 0.3 is 0 Å². The lowest BCUT2D eigenvalue weighted by atomic mass is 10.2. The van der Waals surface area contributed by atoms with Gasteiger partial charge in [-0.25, -0.2) is 4.98 Å². The average Bonchev–Trinajstić information content (AvgIpc) is 2.07. The summed E-state index contributed by atoms with van der Waals surface area (Å²) in [5.41, 5.74) is 0. The Morgan fingerprint density at radius 3 is 2.83 bits per heavy atom. The highest BCUT2D eigenvalue weighted by atomic mass is 35.5. The van der Waals surface area contributed by atoms with Crippen molar-refractivity contribution in [2.24, 2.45) is 0 Å². The Morgan fingerprint density at radius 1 is 1.17 bits per heavy atom. The van der Waals surface area contributed by atoms with E-state index in [0.717, 1.165) is 10.8 Å². The molecule has 12 heavy (non-hydrogen) atoms. The third kappa shape index (κ3) is 1.26. The number of pyridine rings is 1. The number of rotatable bonds is 0. The van der Waals surface area contributed by atoms with Crippen molar-refractivity contribution in [1.29, 1.82) is 0 Å². The smallest absolute Gasteiger partial charge is 0.129 e. The second kappa shape index (κ2) is 2.92. The van der Waals surface area contributed by atoms with Gasteiger partial charge in [0.1, 0.15) is 5.15 Å². The maximum atomic E-state index is 5.94. The molecule has 0 atom stereocenters. The van der Waals surface area contributed by atoms with E-state index in [9.17, 15) is 0 Å². The second-order valence-electron chi connectivity index (χ2n) is 2.47. The first-order valence-corrected chi connectivity index (χ1v) is 4.23. The fourth-order valence-electron chi connectivity index (χ4n) is 1.11. The lowest BCUT2D eigenvalue weighted by Gasteiger charge is -1.98. The van der Waals surface area contributed by atoms with Gasteiger partial charge in [-0.05, 0) is 12.1 Å². The molecule has 1 aromatic carbocycles. The SMILES string of the molecule is Clc1cc2c(Cl)cccc2cn1. The minimum atomic E-state index is 0.468. The largest absolute Gasteiger partial charge is 0.244 e. The highest BCUT2D eigenvalue weighted by Crippen LogP contribution is 2.24. The van der Waals surface area contributed by atoms with Gasteiger partial charge in [-0.2, -0.15) is 0 Å². The first-order valence-electron chi connectivity index (χ1n) is 3.47. The average molecular weight is 198 g/mol. The van der Waals surface area contributed by atoms with E-state index in [0.29, 0.717) is 10.2 Å². The minimum absolute atomic E-state index is 0.468. The van der Waals surface area contributed by atoms with E-state index in [1.165, 1.54) is 0 Å². The molecule has 3 heteroatoms. The summed E-state index contributed by atoms with van der Waals surface area (Å²) in [6, 6.07) is 7.43. The topological polar surface area (TPSA) is 12.9 Å². The molecule has 0 saturated heterocycles. The van der Waals surface area contributed by atoms with Crippen LogP contribution in [0, 0.1) is 0 Å². The third-order valence-electron chi connectivity index (χ3n) is 1.68. The van der Waals surface area contributed by atoms with Crippen LogP contribution >= 0.6 is 23.2 Å². The van der Waals surface area contributed by atoms with Crippen LogP contribution < -0.4 is 0 Å². The van der Waals surface area contributed by atoms with Gasteiger partial charge in [-0.3, -0.25) is 0 Å². The maximum absolute atomic E-state index is 5.94. The van der Waals surface area contributed by atoms with Gasteiger partial charge in [0.15, 0.2) is 0 Å². The van der Waals surface area contributed by atoms with E-state index in [1.807, 2.05) is 18.2 Å². The van der Waals surface area contributed by atoms with Crippen molar-refractivity contribution >= 4 is 34.0 Å². The van der Waals surface area contributed by atoms with Crippen LogP contribution in [0.5, 0.6) is 0 Å². The van der Waals surface area contributed by atoms with Crippen molar-refractivity contribution in [3.63, 3.8) is 0 Å². The Kier molecular flexibility index (Phi) is 1.91. The Labute approximate surface area is 79.9 Å². The van der Waals surface area contributed by atoms with Crippen LogP contribution in [0.3, 0.4) is 0 Å². The first-order chi connectivity index (χ1) is 5.77. The van der Waals surface area contributed by atoms with Crippen LogP contribution in [0.4, 0.5) is 0 Å². The molecule has 0 aliphatic rings. The molecule has 0 spiro atoms. The van der Waals surface area contributed by atoms with Crippen LogP contribution in [-0.4, -0.2) is 4.98 Å². The molecular weight excluding hydrogens is 193 g/mol. The molecule has 0 N–H and O–H groups in total. The van der Waals surface area contributed by atoms with Crippen LogP contribution in [0.1, 0.15) is 0 Å². The number of aromatic nitrogens is 1. The van der Waals surface area contributed by atoms with Gasteiger partial charge < -0.3 is 0 Å². The van der Waals surface area contributed by atoms with Gasteiger partial charge in [0, 0.05) is 22.0 Å². The van der Waals surface area contributed by atoms with Crippen LogP contribution in [0.25, 0.3) is 10.8 Å². The molecule has 0 saturated carbocycles. The summed E-state index contributed by atoms with van der Waals surface area (Å²) in [7, 11) is 0. The summed E-state index contributed by atoms with van der Waals surface area (Å²) in [6.07, 6.45) is 1.71. The normalized spacial score (nSPS) is 10.5. The molecule has 0 aliphatic carbocycles. The lowest BCUT2D eigenvalue weighted by molar-refractivity contribution is 1.36. The zero-order valence-electron chi connectivity index (χ0n) is 6.09. The summed E-state index contributed by atoms with van der Waals surface area (Å²) < 4.78 is 0. The van der Waals surface area contributed by atoms with Crippen molar-refractivity contribution < 1.29 is 0 Å². The summed E-state index contributed by atoms with van der Waals surface area (Å²) in [6.45, 7) is 0. The van der Waals surface area contributed by atoms with Crippen molar-refractivity contribution in [2.75, 3.05) is 0 Å². The highest BCUT2D eigenvalue weighted by molar-refractivity contribution is 6.36. The molecule has 1 heterocycles. The molecule has 1 aromatic heterocycles.